The van der Waals surface area contributed by atoms with E-state index in [-0.39, 0.29) is 5.91 Å². The van der Waals surface area contributed by atoms with Crippen molar-refractivity contribution in [1.82, 2.24) is 10.3 Å². The van der Waals surface area contributed by atoms with Crippen LogP contribution in [0, 0.1) is 6.92 Å². The van der Waals surface area contributed by atoms with E-state index in [0.717, 1.165) is 22.6 Å². The Hall–Kier alpha value is -2.59. The number of nitrogens with one attached hydrogen (secondary N) is 1. The molecule has 0 radical (unpaired) electrons. The third-order valence-electron chi connectivity index (χ3n) is 3.78. The Morgan fingerprint density at radius 3 is 2.72 bits per heavy atom. The molecule has 25 heavy (non-hydrogen) atoms. The van der Waals surface area contributed by atoms with Crippen molar-refractivity contribution in [1.29, 1.82) is 0 Å². The number of benzene rings is 2. The van der Waals surface area contributed by atoms with E-state index in [9.17, 15) is 4.79 Å². The van der Waals surface area contributed by atoms with Crippen molar-refractivity contribution in [2.75, 3.05) is 6.54 Å². The fraction of sp³-hybridized carbons (Fsp3) is 0.200. The lowest BCUT2D eigenvalue weighted by atomic mass is 10.1. The van der Waals surface area contributed by atoms with Crippen LogP contribution in [-0.4, -0.2) is 17.4 Å². The molecule has 5 heteroatoms. The molecule has 0 aliphatic heterocycles. The number of aryl methyl sites for hydroxylation is 1. The third kappa shape index (κ3) is 4.70. The largest absolute Gasteiger partial charge is 0.445 e. The predicted molar refractivity (Wildman–Crippen MR) is 98.5 cm³/mol. The van der Waals surface area contributed by atoms with E-state index in [1.165, 1.54) is 0 Å². The van der Waals surface area contributed by atoms with Crippen LogP contribution >= 0.6 is 11.6 Å². The zero-order valence-corrected chi connectivity index (χ0v) is 14.7. The molecule has 1 heterocycles. The van der Waals surface area contributed by atoms with Gasteiger partial charge in [0, 0.05) is 30.5 Å². The van der Waals surface area contributed by atoms with Crippen molar-refractivity contribution >= 4 is 17.5 Å². The van der Waals surface area contributed by atoms with Crippen molar-refractivity contribution in [3.63, 3.8) is 0 Å². The van der Waals surface area contributed by atoms with Gasteiger partial charge in [0.1, 0.15) is 11.5 Å². The minimum Gasteiger partial charge on any atom is -0.445 e. The highest BCUT2D eigenvalue weighted by Crippen LogP contribution is 2.23. The number of amides is 1. The molecule has 3 rings (SSSR count). The molecule has 0 bridgehead atoms. The van der Waals surface area contributed by atoms with E-state index >= 15 is 0 Å². The number of carbonyl (C=O) groups excluding carboxylic acids is 1. The van der Waals surface area contributed by atoms with Crippen molar-refractivity contribution in [2.45, 2.75) is 19.8 Å². The van der Waals surface area contributed by atoms with E-state index in [4.69, 9.17) is 16.0 Å². The van der Waals surface area contributed by atoms with Crippen LogP contribution in [0.3, 0.4) is 0 Å². The molecule has 0 aliphatic rings. The lowest BCUT2D eigenvalue weighted by Gasteiger charge is -2.06. The van der Waals surface area contributed by atoms with Crippen LogP contribution < -0.4 is 5.32 Å². The van der Waals surface area contributed by atoms with Gasteiger partial charge in [-0.15, -0.1) is 0 Å². The maximum Gasteiger partial charge on any atom is 0.224 e. The first-order chi connectivity index (χ1) is 12.1. The molecule has 2 aromatic carbocycles. The summed E-state index contributed by atoms with van der Waals surface area (Å²) in [4.78, 5) is 16.5. The third-order valence-corrected chi connectivity index (χ3v) is 4.01. The average Bonchev–Trinajstić information content (AvgIpc) is 2.96. The quantitative estimate of drug-likeness (QED) is 0.721. The maximum absolute atomic E-state index is 12.1. The van der Waals surface area contributed by atoms with Crippen LogP contribution in [0.1, 0.15) is 17.2 Å². The summed E-state index contributed by atoms with van der Waals surface area (Å²) in [6.07, 6.45) is 0.897. The summed E-state index contributed by atoms with van der Waals surface area (Å²) in [5, 5.41) is 3.55. The van der Waals surface area contributed by atoms with Gasteiger partial charge in [-0.2, -0.15) is 0 Å². The van der Waals surface area contributed by atoms with Gasteiger partial charge in [-0.05, 0) is 17.7 Å². The lowest BCUT2D eigenvalue weighted by molar-refractivity contribution is -0.120. The maximum atomic E-state index is 12.1. The summed E-state index contributed by atoms with van der Waals surface area (Å²) >= 11 is 5.94. The molecule has 4 nitrogen and oxygen atoms in total. The topological polar surface area (TPSA) is 55.1 Å². The molecule has 0 aliphatic carbocycles. The van der Waals surface area contributed by atoms with Crippen molar-refractivity contribution in [3.8, 4) is 11.3 Å². The summed E-state index contributed by atoms with van der Waals surface area (Å²) in [6, 6.07) is 17.2. The lowest BCUT2D eigenvalue weighted by Crippen LogP contribution is -2.27. The molecule has 128 valence electrons. The molecule has 1 amide bonds. The van der Waals surface area contributed by atoms with E-state index in [0.29, 0.717) is 30.3 Å². The molecular weight excluding hydrogens is 336 g/mol. The average molecular weight is 355 g/mol. The summed E-state index contributed by atoms with van der Waals surface area (Å²) in [5.41, 5.74) is 2.74. The van der Waals surface area contributed by atoms with Gasteiger partial charge in [0.25, 0.3) is 0 Å². The fourth-order valence-corrected chi connectivity index (χ4v) is 2.88. The smallest absolute Gasteiger partial charge is 0.224 e. The molecule has 3 aromatic rings. The Morgan fingerprint density at radius 1 is 1.16 bits per heavy atom. The molecule has 0 saturated carbocycles. The molecule has 1 aromatic heterocycles. The molecule has 0 atom stereocenters. The van der Waals surface area contributed by atoms with Crippen LogP contribution in [0.15, 0.2) is 59.0 Å². The number of rotatable bonds is 6. The van der Waals surface area contributed by atoms with Gasteiger partial charge in [0.05, 0.1) is 6.42 Å². The highest BCUT2D eigenvalue weighted by Gasteiger charge is 2.13. The highest BCUT2D eigenvalue weighted by molar-refractivity contribution is 6.30. The van der Waals surface area contributed by atoms with Crippen LogP contribution in [0.2, 0.25) is 5.02 Å². The molecule has 0 spiro atoms. The summed E-state index contributed by atoms with van der Waals surface area (Å²) in [7, 11) is 0. The first-order valence-corrected chi connectivity index (χ1v) is 8.52. The Morgan fingerprint density at radius 2 is 1.96 bits per heavy atom. The monoisotopic (exact) mass is 354 g/mol. The Kier molecular flexibility index (Phi) is 5.51. The number of nitrogens with zero attached hydrogens (tertiary/aromatic N) is 1. The zero-order chi connectivity index (χ0) is 17.6. The summed E-state index contributed by atoms with van der Waals surface area (Å²) in [5.74, 6) is 1.37. The van der Waals surface area contributed by atoms with Gasteiger partial charge < -0.3 is 9.73 Å². The summed E-state index contributed by atoms with van der Waals surface area (Å²) < 4.78 is 5.71. The first kappa shape index (κ1) is 17.2. The Balaban J connectivity index is 1.58. The van der Waals surface area contributed by atoms with E-state index in [2.05, 4.69) is 10.3 Å². The van der Waals surface area contributed by atoms with Crippen LogP contribution in [0.5, 0.6) is 0 Å². The minimum absolute atomic E-state index is 0.0419. The number of carbonyl (C=O) groups is 1. The van der Waals surface area contributed by atoms with Crippen LogP contribution in [0.25, 0.3) is 11.3 Å². The predicted octanol–water partition coefficient (Wildman–Crippen LogP) is 4.20. The Labute approximate surface area is 151 Å². The van der Waals surface area contributed by atoms with E-state index in [1.807, 2.05) is 49.4 Å². The SMILES string of the molecule is Cc1nc(-c2ccccc2)c(CCNC(=O)Cc2cccc(Cl)c2)o1. The molecule has 0 unspecified atom stereocenters. The van der Waals surface area contributed by atoms with Gasteiger partial charge in [-0.3, -0.25) is 4.79 Å². The Bertz CT molecular complexity index is 859. The molecule has 0 fully saturated rings. The zero-order valence-electron chi connectivity index (χ0n) is 14.0. The molecular formula is C20H19ClN2O2. The highest BCUT2D eigenvalue weighted by atomic mass is 35.5. The van der Waals surface area contributed by atoms with Crippen molar-refractivity contribution in [2.24, 2.45) is 0 Å². The second-order valence-corrected chi connectivity index (χ2v) is 6.21. The van der Waals surface area contributed by atoms with E-state index in [1.54, 1.807) is 12.1 Å². The number of halogens is 1. The van der Waals surface area contributed by atoms with Crippen molar-refractivity contribution in [3.05, 3.63) is 76.8 Å². The second-order valence-electron chi connectivity index (χ2n) is 5.78. The first-order valence-electron chi connectivity index (χ1n) is 8.14. The number of oxazole rings is 1. The van der Waals surface area contributed by atoms with Crippen LogP contribution in [0.4, 0.5) is 0 Å². The second kappa shape index (κ2) is 7.99. The standard InChI is InChI=1S/C20H19ClN2O2/c1-14-23-20(16-7-3-2-4-8-16)18(25-14)10-11-22-19(24)13-15-6-5-9-17(21)12-15/h2-9,12H,10-11,13H2,1H3,(H,22,24). The number of aromatic nitrogens is 1. The summed E-state index contributed by atoms with van der Waals surface area (Å²) in [6.45, 7) is 2.32. The van der Waals surface area contributed by atoms with E-state index < -0.39 is 0 Å². The van der Waals surface area contributed by atoms with Crippen LogP contribution in [-0.2, 0) is 17.6 Å². The van der Waals surface area contributed by atoms with Gasteiger partial charge in [0.15, 0.2) is 5.89 Å². The van der Waals surface area contributed by atoms with Gasteiger partial charge in [-0.1, -0.05) is 54.1 Å². The number of hydrogen-bond acceptors (Lipinski definition) is 3. The number of hydrogen-bond donors (Lipinski definition) is 1. The van der Waals surface area contributed by atoms with Crippen molar-refractivity contribution < 1.29 is 9.21 Å². The normalized spacial score (nSPS) is 10.6. The fourth-order valence-electron chi connectivity index (χ4n) is 2.67. The minimum atomic E-state index is -0.0419. The van der Waals surface area contributed by atoms with Gasteiger partial charge in [-0.25, -0.2) is 4.98 Å². The van der Waals surface area contributed by atoms with Gasteiger partial charge >= 0.3 is 0 Å². The van der Waals surface area contributed by atoms with Gasteiger partial charge in [0.2, 0.25) is 5.91 Å². The molecule has 1 N–H and O–H groups in total. The molecule has 0 saturated heterocycles.